The maximum Gasteiger partial charge on any atom is 0.341 e. The minimum absolute atomic E-state index is 0.175. The Morgan fingerprint density at radius 1 is 1.53 bits per heavy atom. The quantitative estimate of drug-likeness (QED) is 0.315. The molecule has 0 rings (SSSR count). The SMILES string of the molecule is CCOC(=O)CN(N=O)C(=O)NCCCl. The predicted molar refractivity (Wildman–Crippen MR) is 53.3 cm³/mol. The van der Waals surface area contributed by atoms with E-state index >= 15 is 0 Å². The normalized spacial score (nSPS) is 9.20. The van der Waals surface area contributed by atoms with Gasteiger partial charge >= 0.3 is 12.0 Å². The van der Waals surface area contributed by atoms with E-state index in [4.69, 9.17) is 11.6 Å². The number of rotatable bonds is 6. The van der Waals surface area contributed by atoms with Gasteiger partial charge in [0.2, 0.25) is 0 Å². The molecule has 0 aliphatic rings. The molecule has 86 valence electrons. The molecule has 0 atom stereocenters. The van der Waals surface area contributed by atoms with E-state index in [0.29, 0.717) is 5.01 Å². The van der Waals surface area contributed by atoms with E-state index in [1.165, 1.54) is 0 Å². The van der Waals surface area contributed by atoms with Crippen molar-refractivity contribution in [2.45, 2.75) is 6.92 Å². The topological polar surface area (TPSA) is 88.1 Å². The Bertz CT molecular complexity index is 236. The number of nitrogens with one attached hydrogen (secondary N) is 1. The van der Waals surface area contributed by atoms with E-state index in [1.54, 1.807) is 6.92 Å². The Balaban J connectivity index is 4.05. The van der Waals surface area contributed by atoms with Crippen molar-refractivity contribution in [3.05, 3.63) is 4.91 Å². The number of nitrogens with zero attached hydrogens (tertiary/aromatic N) is 2. The highest BCUT2D eigenvalue weighted by Crippen LogP contribution is 1.92. The summed E-state index contributed by atoms with van der Waals surface area (Å²) in [4.78, 5) is 32.3. The molecule has 8 heteroatoms. The van der Waals surface area contributed by atoms with E-state index in [2.05, 4.69) is 15.3 Å². The maximum absolute atomic E-state index is 11.1. The molecular weight excluding hydrogens is 226 g/mol. The van der Waals surface area contributed by atoms with E-state index < -0.39 is 18.5 Å². The standard InChI is InChI=1S/C7H12ClN3O4/c1-2-15-6(12)5-11(10-14)7(13)9-4-3-8/h2-5H2,1H3,(H,9,13). The average Bonchev–Trinajstić information content (AvgIpc) is 2.22. The molecule has 0 radical (unpaired) electrons. The van der Waals surface area contributed by atoms with Crippen LogP contribution in [0.5, 0.6) is 0 Å². The molecule has 0 saturated heterocycles. The molecule has 0 bridgehead atoms. The van der Waals surface area contributed by atoms with Gasteiger partial charge in [0.25, 0.3) is 0 Å². The highest BCUT2D eigenvalue weighted by Gasteiger charge is 2.17. The molecule has 0 spiro atoms. The molecule has 0 fully saturated rings. The van der Waals surface area contributed by atoms with Crippen LogP contribution in [0.1, 0.15) is 6.92 Å². The smallest absolute Gasteiger partial charge is 0.341 e. The zero-order chi connectivity index (χ0) is 11.7. The number of hydrogen-bond donors (Lipinski definition) is 1. The summed E-state index contributed by atoms with van der Waals surface area (Å²) in [7, 11) is 0. The van der Waals surface area contributed by atoms with Gasteiger partial charge in [-0.2, -0.15) is 5.01 Å². The molecule has 0 aromatic carbocycles. The number of carbonyl (C=O) groups is 2. The number of urea groups is 1. The van der Waals surface area contributed by atoms with Crippen molar-refractivity contribution in [2.24, 2.45) is 5.29 Å². The van der Waals surface area contributed by atoms with Gasteiger partial charge in [-0.1, -0.05) is 0 Å². The van der Waals surface area contributed by atoms with Crippen LogP contribution >= 0.6 is 11.6 Å². The second-order valence-corrected chi connectivity index (χ2v) is 2.74. The fourth-order valence-corrected chi connectivity index (χ4v) is 0.807. The summed E-state index contributed by atoms with van der Waals surface area (Å²) in [5.74, 6) is -0.490. The van der Waals surface area contributed by atoms with Crippen LogP contribution in [0.3, 0.4) is 0 Å². The third-order valence-electron chi connectivity index (χ3n) is 1.29. The predicted octanol–water partition coefficient (Wildman–Crippen LogP) is 0.481. The van der Waals surface area contributed by atoms with Crippen LogP contribution in [-0.4, -0.2) is 42.6 Å². The lowest BCUT2D eigenvalue weighted by molar-refractivity contribution is -0.143. The van der Waals surface area contributed by atoms with Gasteiger partial charge in [0, 0.05) is 12.4 Å². The number of esters is 1. The Labute approximate surface area is 91.6 Å². The summed E-state index contributed by atoms with van der Waals surface area (Å²) in [6.45, 7) is 1.47. The number of ether oxygens (including phenoxy) is 1. The lowest BCUT2D eigenvalue weighted by Gasteiger charge is -2.12. The lowest BCUT2D eigenvalue weighted by atomic mass is 10.6. The van der Waals surface area contributed by atoms with Crippen molar-refractivity contribution in [2.75, 3.05) is 25.6 Å². The molecule has 7 nitrogen and oxygen atoms in total. The van der Waals surface area contributed by atoms with E-state index in [-0.39, 0.29) is 19.0 Å². The number of alkyl halides is 1. The van der Waals surface area contributed by atoms with Crippen LogP contribution in [0.2, 0.25) is 0 Å². The van der Waals surface area contributed by atoms with Gasteiger partial charge in [0.05, 0.1) is 11.9 Å². The summed E-state index contributed by atoms with van der Waals surface area (Å²) in [6, 6.07) is -0.779. The molecule has 0 unspecified atom stereocenters. The Morgan fingerprint density at radius 2 is 2.20 bits per heavy atom. The molecule has 0 aromatic rings. The van der Waals surface area contributed by atoms with Crippen molar-refractivity contribution in [1.29, 1.82) is 0 Å². The van der Waals surface area contributed by atoms with Crippen LogP contribution in [0.15, 0.2) is 5.29 Å². The number of halogens is 1. The second kappa shape index (κ2) is 7.98. The van der Waals surface area contributed by atoms with Gasteiger partial charge in [-0.15, -0.1) is 16.5 Å². The zero-order valence-corrected chi connectivity index (χ0v) is 8.99. The maximum atomic E-state index is 11.1. The number of hydrogen-bond acceptors (Lipinski definition) is 5. The third-order valence-corrected chi connectivity index (χ3v) is 1.48. The van der Waals surface area contributed by atoms with Crippen LogP contribution in [0.25, 0.3) is 0 Å². The highest BCUT2D eigenvalue weighted by atomic mass is 35.5. The Hall–Kier alpha value is -1.37. The van der Waals surface area contributed by atoms with Crippen molar-refractivity contribution < 1.29 is 14.3 Å². The van der Waals surface area contributed by atoms with E-state index in [0.717, 1.165) is 0 Å². The van der Waals surface area contributed by atoms with E-state index in [1.807, 2.05) is 0 Å². The second-order valence-electron chi connectivity index (χ2n) is 2.37. The van der Waals surface area contributed by atoms with Gasteiger partial charge in [-0.05, 0) is 6.92 Å². The highest BCUT2D eigenvalue weighted by molar-refractivity contribution is 6.18. The third kappa shape index (κ3) is 5.84. The molecule has 0 aliphatic carbocycles. The zero-order valence-electron chi connectivity index (χ0n) is 8.23. The molecule has 0 aromatic heterocycles. The first-order valence-electron chi connectivity index (χ1n) is 4.25. The molecule has 0 aliphatic heterocycles. The van der Waals surface area contributed by atoms with Gasteiger partial charge < -0.3 is 10.1 Å². The summed E-state index contributed by atoms with van der Waals surface area (Å²) in [5.41, 5.74) is 0. The van der Waals surface area contributed by atoms with Crippen molar-refractivity contribution in [3.8, 4) is 0 Å². The van der Waals surface area contributed by atoms with Gasteiger partial charge in [0.15, 0.2) is 0 Å². The van der Waals surface area contributed by atoms with Gasteiger partial charge in [-0.25, -0.2) is 4.79 Å². The minimum atomic E-state index is -0.779. The number of nitroso groups, excluding NO2 is 1. The summed E-state index contributed by atoms with van der Waals surface area (Å²) < 4.78 is 4.54. The van der Waals surface area contributed by atoms with Crippen molar-refractivity contribution in [3.63, 3.8) is 0 Å². The number of amides is 2. The summed E-state index contributed by atoms with van der Waals surface area (Å²) in [6.07, 6.45) is 0. The lowest BCUT2D eigenvalue weighted by Crippen LogP contribution is -2.40. The van der Waals surface area contributed by atoms with Crippen LogP contribution in [0, 0.1) is 4.91 Å². The molecule has 1 N–H and O–H groups in total. The molecular formula is C7H12ClN3O4. The number of carbonyl (C=O) groups excluding carboxylic acids is 2. The Kier molecular flexibility index (Phi) is 7.25. The first-order chi connectivity index (χ1) is 7.15. The monoisotopic (exact) mass is 237 g/mol. The van der Waals surface area contributed by atoms with Crippen LogP contribution in [-0.2, 0) is 9.53 Å². The molecule has 15 heavy (non-hydrogen) atoms. The van der Waals surface area contributed by atoms with Crippen molar-refractivity contribution in [1.82, 2.24) is 10.3 Å². The molecule has 0 saturated carbocycles. The minimum Gasteiger partial charge on any atom is -0.465 e. The molecule has 2 amide bonds. The van der Waals surface area contributed by atoms with Crippen LogP contribution in [0.4, 0.5) is 4.79 Å². The fraction of sp³-hybridized carbons (Fsp3) is 0.714. The fourth-order valence-electron chi connectivity index (χ4n) is 0.712. The Morgan fingerprint density at radius 3 is 2.67 bits per heavy atom. The first kappa shape index (κ1) is 13.6. The summed E-state index contributed by atoms with van der Waals surface area (Å²) >= 11 is 5.32. The van der Waals surface area contributed by atoms with Gasteiger partial charge in [-0.3, -0.25) is 4.79 Å². The van der Waals surface area contributed by atoms with Crippen LogP contribution < -0.4 is 5.32 Å². The average molecular weight is 238 g/mol. The van der Waals surface area contributed by atoms with E-state index in [9.17, 15) is 14.5 Å². The largest absolute Gasteiger partial charge is 0.465 e. The summed E-state index contributed by atoms with van der Waals surface area (Å²) in [5, 5.41) is 5.11. The van der Waals surface area contributed by atoms with Gasteiger partial charge in [0.1, 0.15) is 6.54 Å². The molecule has 0 heterocycles. The first-order valence-corrected chi connectivity index (χ1v) is 4.79. The van der Waals surface area contributed by atoms with Crippen molar-refractivity contribution >= 4 is 23.6 Å².